The Labute approximate surface area is 423 Å². The molecule has 0 aliphatic carbocycles. The highest BCUT2D eigenvalue weighted by Gasteiger charge is 2.18. The third kappa shape index (κ3) is 54.0. The van der Waals surface area contributed by atoms with Crippen LogP contribution in [0, 0.1) is 0 Å². The molecule has 4 heteroatoms. The van der Waals surface area contributed by atoms with Gasteiger partial charge >= 0.3 is 0 Å². The van der Waals surface area contributed by atoms with Crippen LogP contribution in [0.1, 0.15) is 271 Å². The van der Waals surface area contributed by atoms with Crippen molar-refractivity contribution in [2.75, 3.05) is 6.61 Å². The topological polar surface area (TPSA) is 69.6 Å². The van der Waals surface area contributed by atoms with Gasteiger partial charge in [0.25, 0.3) is 0 Å². The van der Waals surface area contributed by atoms with Gasteiger partial charge in [-0.25, -0.2) is 0 Å². The molecule has 4 nitrogen and oxygen atoms in total. The number of hydrogen-bond donors (Lipinski definition) is 3. The first-order chi connectivity index (χ1) is 33.7. The van der Waals surface area contributed by atoms with Crippen LogP contribution in [0.4, 0.5) is 0 Å². The van der Waals surface area contributed by atoms with Gasteiger partial charge in [0.1, 0.15) is 0 Å². The fourth-order valence-electron chi connectivity index (χ4n) is 8.33. The molecule has 0 saturated heterocycles. The molecule has 0 saturated carbocycles. The monoisotopic (exact) mass is 942 g/mol. The van der Waals surface area contributed by atoms with Gasteiger partial charge < -0.3 is 15.5 Å². The quantitative estimate of drug-likeness (QED) is 0.0420. The third-order valence-electron chi connectivity index (χ3n) is 12.7. The van der Waals surface area contributed by atoms with Crippen molar-refractivity contribution in [3.05, 3.63) is 109 Å². The zero-order chi connectivity index (χ0) is 49.2. The molecule has 1 amide bonds. The van der Waals surface area contributed by atoms with E-state index in [2.05, 4.69) is 116 Å². The first-order valence-corrected chi connectivity index (χ1v) is 29.1. The molecule has 68 heavy (non-hydrogen) atoms. The van der Waals surface area contributed by atoms with Crippen molar-refractivity contribution in [3.8, 4) is 0 Å². The number of hydrogen-bond acceptors (Lipinski definition) is 3. The minimum absolute atomic E-state index is 0.0786. The Kier molecular flexibility index (Phi) is 55.8. The predicted octanol–water partition coefficient (Wildman–Crippen LogP) is 19.5. The molecular weight excluding hydrogens is 831 g/mol. The number of amides is 1. The zero-order valence-electron chi connectivity index (χ0n) is 44.8. The van der Waals surface area contributed by atoms with Crippen molar-refractivity contribution in [1.82, 2.24) is 5.32 Å². The van der Waals surface area contributed by atoms with Gasteiger partial charge in [0.15, 0.2) is 0 Å². The van der Waals surface area contributed by atoms with Gasteiger partial charge in [-0.2, -0.15) is 0 Å². The molecule has 0 aliphatic rings. The SMILES string of the molecule is CC/C=C\C/C=C\C/C=C\C/C=C\C/C=C\C/C=C\CCCCCCCCCCCCCCCCCCCCC(=O)NC(CO)C(O)/C=C/CC/C=C/CC/C=C/CCCCCCCCCCC. The molecule has 0 aliphatic heterocycles. The highest BCUT2D eigenvalue weighted by atomic mass is 16.3. The minimum atomic E-state index is -0.875. The van der Waals surface area contributed by atoms with Crippen LogP contribution in [0.3, 0.4) is 0 Å². The number of rotatable bonds is 52. The van der Waals surface area contributed by atoms with Gasteiger partial charge in [-0.3, -0.25) is 4.79 Å². The van der Waals surface area contributed by atoms with E-state index in [1.54, 1.807) is 6.08 Å². The third-order valence-corrected chi connectivity index (χ3v) is 12.7. The van der Waals surface area contributed by atoms with Crippen LogP contribution in [0.5, 0.6) is 0 Å². The molecule has 0 bridgehead atoms. The van der Waals surface area contributed by atoms with E-state index in [0.717, 1.165) is 77.0 Å². The van der Waals surface area contributed by atoms with Gasteiger partial charge in [0.2, 0.25) is 5.91 Å². The lowest BCUT2D eigenvalue weighted by molar-refractivity contribution is -0.123. The summed E-state index contributed by atoms with van der Waals surface area (Å²) in [5.41, 5.74) is 0. The summed E-state index contributed by atoms with van der Waals surface area (Å²) < 4.78 is 0. The molecule has 2 unspecified atom stereocenters. The van der Waals surface area contributed by atoms with Gasteiger partial charge in [-0.15, -0.1) is 0 Å². The van der Waals surface area contributed by atoms with E-state index in [4.69, 9.17) is 0 Å². The summed E-state index contributed by atoms with van der Waals surface area (Å²) in [6, 6.07) is -0.650. The second-order valence-corrected chi connectivity index (χ2v) is 19.3. The summed E-state index contributed by atoms with van der Waals surface area (Å²) >= 11 is 0. The number of allylic oxidation sites excluding steroid dienone is 17. The summed E-state index contributed by atoms with van der Waals surface area (Å²) in [5.74, 6) is -0.0786. The van der Waals surface area contributed by atoms with Gasteiger partial charge in [-0.05, 0) is 96.3 Å². The van der Waals surface area contributed by atoms with Crippen LogP contribution >= 0.6 is 0 Å². The largest absolute Gasteiger partial charge is 0.394 e. The highest BCUT2D eigenvalue weighted by molar-refractivity contribution is 5.76. The zero-order valence-corrected chi connectivity index (χ0v) is 44.8. The van der Waals surface area contributed by atoms with Crippen LogP contribution in [0.15, 0.2) is 109 Å². The summed E-state index contributed by atoms with van der Waals surface area (Å²) in [6.07, 6.45) is 88.3. The van der Waals surface area contributed by atoms with E-state index < -0.39 is 12.1 Å². The van der Waals surface area contributed by atoms with Crippen LogP contribution in [-0.4, -0.2) is 34.9 Å². The molecule has 0 fully saturated rings. The number of unbranched alkanes of at least 4 members (excludes halogenated alkanes) is 29. The molecule has 0 radical (unpaired) electrons. The maximum Gasteiger partial charge on any atom is 0.220 e. The second kappa shape index (κ2) is 58.4. The standard InChI is InChI=1S/C64H111NO3/c1-3-5-7-9-11-13-15-17-19-21-23-24-25-26-27-28-29-30-31-32-33-34-35-36-37-38-39-40-42-44-46-48-50-52-54-56-58-60-64(68)65-62(61-66)63(67)59-57-55-53-51-49-47-45-43-41-22-20-18-16-14-12-10-8-6-4-2/h5,7,11,13,17,19,23-24,26-27,29-30,41,43,49,51,57,59,62-63,66-67H,3-4,6,8-10,12,14-16,18,20-22,25,28,31-40,42,44-48,50,52-56,58,60-61H2,1-2H3,(H,65,68)/b7-5-,13-11-,19-17-,24-23-,27-26-,30-29-,43-41+,51-49+,59-57+. The Hall–Kier alpha value is -2.95. The molecule has 0 heterocycles. The predicted molar refractivity (Wildman–Crippen MR) is 303 cm³/mol. The van der Waals surface area contributed by atoms with Crippen molar-refractivity contribution < 1.29 is 15.0 Å². The first kappa shape index (κ1) is 65.0. The lowest BCUT2D eigenvalue weighted by atomic mass is 10.0. The molecule has 2 atom stereocenters. The Morgan fingerprint density at radius 3 is 1.03 bits per heavy atom. The normalized spacial score (nSPS) is 13.6. The Bertz CT molecular complexity index is 1300. The van der Waals surface area contributed by atoms with Crippen LogP contribution in [0.2, 0.25) is 0 Å². The fourth-order valence-corrected chi connectivity index (χ4v) is 8.33. The number of nitrogens with one attached hydrogen (secondary N) is 1. The molecular formula is C64H111NO3. The summed E-state index contributed by atoms with van der Waals surface area (Å²) in [4.78, 5) is 12.5. The van der Waals surface area contributed by atoms with Crippen molar-refractivity contribution >= 4 is 5.91 Å². The van der Waals surface area contributed by atoms with Crippen molar-refractivity contribution in [1.29, 1.82) is 0 Å². The van der Waals surface area contributed by atoms with Crippen molar-refractivity contribution in [2.45, 2.75) is 283 Å². The summed E-state index contributed by atoms with van der Waals surface area (Å²) in [7, 11) is 0. The summed E-state index contributed by atoms with van der Waals surface area (Å²) in [5, 5.41) is 23.1. The van der Waals surface area contributed by atoms with Gasteiger partial charge in [0.05, 0.1) is 18.8 Å². The van der Waals surface area contributed by atoms with E-state index in [9.17, 15) is 15.0 Å². The fraction of sp³-hybridized carbons (Fsp3) is 0.703. The smallest absolute Gasteiger partial charge is 0.220 e. The maximum absolute atomic E-state index is 12.5. The Morgan fingerprint density at radius 1 is 0.368 bits per heavy atom. The van der Waals surface area contributed by atoms with Crippen molar-refractivity contribution in [2.24, 2.45) is 0 Å². The van der Waals surface area contributed by atoms with Crippen LogP contribution in [0.25, 0.3) is 0 Å². The highest BCUT2D eigenvalue weighted by Crippen LogP contribution is 2.16. The van der Waals surface area contributed by atoms with Crippen LogP contribution < -0.4 is 5.32 Å². The molecule has 0 aromatic rings. The molecule has 0 rings (SSSR count). The average molecular weight is 943 g/mol. The average Bonchev–Trinajstić information content (AvgIpc) is 3.34. The van der Waals surface area contributed by atoms with Crippen LogP contribution in [-0.2, 0) is 4.79 Å². The molecule has 0 aromatic heterocycles. The minimum Gasteiger partial charge on any atom is -0.394 e. The second-order valence-electron chi connectivity index (χ2n) is 19.3. The van der Waals surface area contributed by atoms with E-state index in [1.807, 2.05) is 6.08 Å². The summed E-state index contributed by atoms with van der Waals surface area (Å²) in [6.45, 7) is 4.18. The van der Waals surface area contributed by atoms with E-state index >= 15 is 0 Å². The first-order valence-electron chi connectivity index (χ1n) is 29.1. The molecule has 0 aromatic carbocycles. The van der Waals surface area contributed by atoms with Gasteiger partial charge in [0, 0.05) is 6.42 Å². The number of aliphatic hydroxyl groups excluding tert-OH is 2. The number of carbonyl (C=O) groups excluding carboxylic acids is 1. The van der Waals surface area contributed by atoms with Gasteiger partial charge in [-0.1, -0.05) is 277 Å². The molecule has 0 spiro atoms. The Morgan fingerprint density at radius 2 is 0.662 bits per heavy atom. The maximum atomic E-state index is 12.5. The van der Waals surface area contributed by atoms with E-state index in [-0.39, 0.29) is 12.5 Å². The van der Waals surface area contributed by atoms with E-state index in [0.29, 0.717) is 6.42 Å². The molecule has 3 N–H and O–H groups in total. The number of aliphatic hydroxyl groups is 2. The lowest BCUT2D eigenvalue weighted by Crippen LogP contribution is -2.45. The molecule has 390 valence electrons. The van der Waals surface area contributed by atoms with E-state index in [1.165, 1.54) is 173 Å². The Balaban J connectivity index is 3.54. The number of carbonyl (C=O) groups is 1. The lowest BCUT2D eigenvalue weighted by Gasteiger charge is -2.19. The van der Waals surface area contributed by atoms with Crippen molar-refractivity contribution in [3.63, 3.8) is 0 Å².